The van der Waals surface area contributed by atoms with Crippen molar-refractivity contribution in [1.29, 1.82) is 0 Å². The number of hydrogen-bond acceptors (Lipinski definition) is 4. The predicted octanol–water partition coefficient (Wildman–Crippen LogP) is 4.22. The largest absolute Gasteiger partial charge is 0.485 e. The fourth-order valence-corrected chi connectivity index (χ4v) is 3.48. The molecule has 2 amide bonds. The Morgan fingerprint density at radius 3 is 2.38 bits per heavy atom. The first kappa shape index (κ1) is 21.4. The van der Waals surface area contributed by atoms with Crippen molar-refractivity contribution in [3.63, 3.8) is 0 Å². The van der Waals surface area contributed by atoms with E-state index in [0.29, 0.717) is 22.7 Å². The maximum atomic E-state index is 12.5. The molecule has 6 heteroatoms. The monoisotopic (exact) mass is 430 g/mol. The van der Waals surface area contributed by atoms with Gasteiger partial charge in [-0.15, -0.1) is 0 Å². The number of benzene rings is 3. The fourth-order valence-electron chi connectivity index (χ4n) is 3.48. The molecule has 164 valence electrons. The van der Waals surface area contributed by atoms with E-state index in [2.05, 4.69) is 22.8 Å². The average Bonchev–Trinajstić information content (AvgIpc) is 2.83. The van der Waals surface area contributed by atoms with Crippen LogP contribution in [0.1, 0.15) is 29.3 Å². The normalized spacial score (nSPS) is 15.5. The van der Waals surface area contributed by atoms with E-state index in [0.717, 1.165) is 12.8 Å². The van der Waals surface area contributed by atoms with E-state index >= 15 is 0 Å². The van der Waals surface area contributed by atoms with Gasteiger partial charge in [0.1, 0.15) is 6.61 Å². The molecule has 3 aromatic carbocycles. The highest BCUT2D eigenvalue weighted by Crippen LogP contribution is 2.31. The highest BCUT2D eigenvalue weighted by molar-refractivity contribution is 5.97. The molecule has 4 rings (SSSR count). The topological polar surface area (TPSA) is 76.7 Å². The van der Waals surface area contributed by atoms with Gasteiger partial charge in [-0.25, -0.2) is 0 Å². The zero-order chi connectivity index (χ0) is 22.3. The first-order valence-electron chi connectivity index (χ1n) is 10.7. The molecule has 0 spiro atoms. The Hall–Kier alpha value is -3.80. The number of aryl methyl sites for hydroxylation is 1. The molecule has 0 bridgehead atoms. The van der Waals surface area contributed by atoms with E-state index < -0.39 is 6.10 Å². The smallest absolute Gasteiger partial charge is 0.269 e. The van der Waals surface area contributed by atoms with E-state index in [1.54, 1.807) is 36.4 Å². The molecule has 1 heterocycles. The Labute approximate surface area is 187 Å². The summed E-state index contributed by atoms with van der Waals surface area (Å²) in [6.45, 7) is 2.14. The summed E-state index contributed by atoms with van der Waals surface area (Å²) in [6.07, 6.45) is 1.03. The summed E-state index contributed by atoms with van der Waals surface area (Å²) in [5, 5.41) is 5.84. The Kier molecular flexibility index (Phi) is 6.70. The summed E-state index contributed by atoms with van der Waals surface area (Å²) in [7, 11) is 0. The van der Waals surface area contributed by atoms with E-state index in [1.807, 2.05) is 37.3 Å². The van der Waals surface area contributed by atoms with Crippen LogP contribution in [0, 0.1) is 0 Å². The van der Waals surface area contributed by atoms with Gasteiger partial charge in [0.2, 0.25) is 6.10 Å². The molecular weight excluding hydrogens is 404 g/mol. The molecular formula is C26H26N2O4. The maximum Gasteiger partial charge on any atom is 0.269 e. The van der Waals surface area contributed by atoms with Crippen molar-refractivity contribution in [2.24, 2.45) is 0 Å². The minimum atomic E-state index is -0.738. The molecule has 2 atom stereocenters. The van der Waals surface area contributed by atoms with Gasteiger partial charge in [-0.3, -0.25) is 9.59 Å². The lowest BCUT2D eigenvalue weighted by Gasteiger charge is -2.25. The number of hydrogen-bond donors (Lipinski definition) is 2. The van der Waals surface area contributed by atoms with Gasteiger partial charge in [-0.05, 0) is 61.7 Å². The van der Waals surface area contributed by atoms with Crippen LogP contribution in [0.25, 0.3) is 0 Å². The number of fused-ring (bicyclic) bond motifs is 1. The zero-order valence-electron chi connectivity index (χ0n) is 17.9. The molecule has 1 aliphatic rings. The molecule has 6 nitrogen and oxygen atoms in total. The van der Waals surface area contributed by atoms with Crippen molar-refractivity contribution in [1.82, 2.24) is 5.32 Å². The third-order valence-electron chi connectivity index (χ3n) is 5.30. The average molecular weight is 431 g/mol. The molecule has 2 N–H and O–H groups in total. The lowest BCUT2D eigenvalue weighted by atomic mass is 10.1. The molecule has 0 saturated heterocycles. The van der Waals surface area contributed by atoms with E-state index in [9.17, 15) is 9.59 Å². The Morgan fingerprint density at radius 2 is 1.62 bits per heavy atom. The standard InChI is InChI=1S/C26H26N2O4/c1-18(11-12-19-7-3-2-4-8-19)27-25(29)20-13-15-21(16-14-20)28-26(30)24-17-31-22-9-5-6-10-23(22)32-24/h2-10,13-16,18,24H,11-12,17H2,1H3,(H,27,29)(H,28,30)/t18-,24-/m0/s1. The lowest BCUT2D eigenvalue weighted by Crippen LogP contribution is -2.40. The second kappa shape index (κ2) is 10.0. The maximum absolute atomic E-state index is 12.5. The van der Waals surface area contributed by atoms with Crippen LogP contribution in [0.15, 0.2) is 78.9 Å². The molecule has 0 aliphatic carbocycles. The molecule has 32 heavy (non-hydrogen) atoms. The van der Waals surface area contributed by atoms with Crippen molar-refractivity contribution in [3.8, 4) is 11.5 Å². The third-order valence-corrected chi connectivity index (χ3v) is 5.30. The van der Waals surface area contributed by atoms with Crippen LogP contribution < -0.4 is 20.1 Å². The molecule has 0 radical (unpaired) electrons. The second-order valence-corrected chi connectivity index (χ2v) is 7.83. The minimum Gasteiger partial charge on any atom is -0.485 e. The number of nitrogens with one attached hydrogen (secondary N) is 2. The number of para-hydroxylation sites is 2. The number of rotatable bonds is 7. The van der Waals surface area contributed by atoms with Gasteiger partial charge in [0, 0.05) is 17.3 Å². The number of carbonyl (C=O) groups is 2. The number of ether oxygens (including phenoxy) is 2. The molecule has 0 fully saturated rings. The quantitative estimate of drug-likeness (QED) is 0.589. The summed E-state index contributed by atoms with van der Waals surface area (Å²) >= 11 is 0. The predicted molar refractivity (Wildman–Crippen MR) is 123 cm³/mol. The lowest BCUT2D eigenvalue weighted by molar-refractivity contribution is -0.125. The van der Waals surface area contributed by atoms with E-state index in [1.165, 1.54) is 5.56 Å². The van der Waals surface area contributed by atoms with Crippen molar-refractivity contribution in [2.45, 2.75) is 31.9 Å². The Balaban J connectivity index is 1.27. The van der Waals surface area contributed by atoms with Crippen molar-refractivity contribution in [2.75, 3.05) is 11.9 Å². The van der Waals surface area contributed by atoms with Crippen molar-refractivity contribution >= 4 is 17.5 Å². The van der Waals surface area contributed by atoms with Gasteiger partial charge in [0.25, 0.3) is 11.8 Å². The Bertz CT molecular complexity index is 1070. The Morgan fingerprint density at radius 1 is 0.938 bits per heavy atom. The number of amides is 2. The van der Waals surface area contributed by atoms with Gasteiger partial charge < -0.3 is 20.1 Å². The van der Waals surface area contributed by atoms with Crippen LogP contribution in [0.3, 0.4) is 0 Å². The SMILES string of the molecule is C[C@@H](CCc1ccccc1)NC(=O)c1ccc(NC(=O)[C@@H]2COc3ccccc3O2)cc1. The van der Waals surface area contributed by atoms with Crippen LogP contribution in [0.2, 0.25) is 0 Å². The van der Waals surface area contributed by atoms with Crippen LogP contribution in [0.5, 0.6) is 11.5 Å². The first-order valence-corrected chi connectivity index (χ1v) is 10.7. The zero-order valence-corrected chi connectivity index (χ0v) is 17.9. The van der Waals surface area contributed by atoms with Crippen LogP contribution in [-0.4, -0.2) is 30.6 Å². The van der Waals surface area contributed by atoms with Gasteiger partial charge in [0.15, 0.2) is 11.5 Å². The van der Waals surface area contributed by atoms with Gasteiger partial charge in [-0.2, -0.15) is 0 Å². The van der Waals surface area contributed by atoms with Crippen molar-refractivity contribution < 1.29 is 19.1 Å². The van der Waals surface area contributed by atoms with Gasteiger partial charge in [-0.1, -0.05) is 42.5 Å². The highest BCUT2D eigenvalue weighted by Gasteiger charge is 2.27. The van der Waals surface area contributed by atoms with Crippen LogP contribution in [-0.2, 0) is 11.2 Å². The molecule has 1 aliphatic heterocycles. The second-order valence-electron chi connectivity index (χ2n) is 7.83. The van der Waals surface area contributed by atoms with Crippen LogP contribution >= 0.6 is 0 Å². The summed E-state index contributed by atoms with van der Waals surface area (Å²) < 4.78 is 11.3. The molecule has 0 unspecified atom stereocenters. The highest BCUT2D eigenvalue weighted by atomic mass is 16.6. The summed E-state index contributed by atoms with van der Waals surface area (Å²) in [6, 6.07) is 24.3. The molecule has 3 aromatic rings. The molecule has 0 aromatic heterocycles. The van der Waals surface area contributed by atoms with Gasteiger partial charge >= 0.3 is 0 Å². The van der Waals surface area contributed by atoms with E-state index in [-0.39, 0.29) is 24.5 Å². The molecule has 0 saturated carbocycles. The van der Waals surface area contributed by atoms with Crippen molar-refractivity contribution in [3.05, 3.63) is 90.0 Å². The van der Waals surface area contributed by atoms with E-state index in [4.69, 9.17) is 9.47 Å². The summed E-state index contributed by atoms with van der Waals surface area (Å²) in [5.74, 6) is 0.743. The number of anilines is 1. The third kappa shape index (κ3) is 5.46. The number of carbonyl (C=O) groups excluding carboxylic acids is 2. The fraction of sp³-hybridized carbons (Fsp3) is 0.231. The minimum absolute atomic E-state index is 0.0495. The van der Waals surface area contributed by atoms with Gasteiger partial charge in [0.05, 0.1) is 0 Å². The summed E-state index contributed by atoms with van der Waals surface area (Å²) in [5.41, 5.74) is 2.39. The van der Waals surface area contributed by atoms with Crippen LogP contribution in [0.4, 0.5) is 5.69 Å². The summed E-state index contributed by atoms with van der Waals surface area (Å²) in [4.78, 5) is 25.1. The first-order chi connectivity index (χ1) is 15.6.